The molecule has 0 aromatic heterocycles. The molecule has 0 spiro atoms. The smallest absolute Gasteiger partial charge is 0.0463 e. The van der Waals surface area contributed by atoms with E-state index >= 15 is 0 Å². The highest BCUT2D eigenvalue weighted by molar-refractivity contribution is 9.09. The zero-order valence-corrected chi connectivity index (χ0v) is 13.2. The van der Waals surface area contributed by atoms with Gasteiger partial charge in [-0.3, -0.25) is 0 Å². The molecule has 0 N–H and O–H groups in total. The molecule has 1 aliphatic rings. The van der Waals surface area contributed by atoms with Crippen molar-refractivity contribution in [1.82, 2.24) is 0 Å². The zero-order chi connectivity index (χ0) is 12.6. The van der Waals surface area contributed by atoms with E-state index in [0.29, 0.717) is 10.2 Å². The van der Waals surface area contributed by atoms with Crippen molar-refractivity contribution in [3.63, 3.8) is 0 Å². The van der Waals surface area contributed by atoms with Gasteiger partial charge in [0.05, 0.1) is 0 Å². The maximum atomic E-state index is 6.41. The summed E-state index contributed by atoms with van der Waals surface area (Å²) in [6.45, 7) is 6.66. The molecule has 0 aliphatic heterocycles. The van der Waals surface area contributed by atoms with Crippen molar-refractivity contribution >= 4 is 27.5 Å². The van der Waals surface area contributed by atoms with Crippen LogP contribution in [0.2, 0.25) is 5.02 Å². The number of benzene rings is 1. The Kier molecular flexibility index (Phi) is 3.89. The van der Waals surface area contributed by atoms with Crippen LogP contribution < -0.4 is 0 Å². The summed E-state index contributed by atoms with van der Waals surface area (Å²) in [4.78, 5) is 0.379. The van der Waals surface area contributed by atoms with Gasteiger partial charge in [-0.15, -0.1) is 0 Å². The van der Waals surface area contributed by atoms with Crippen molar-refractivity contribution in [2.24, 2.45) is 5.41 Å². The van der Waals surface area contributed by atoms with Crippen LogP contribution in [0.15, 0.2) is 12.1 Å². The van der Waals surface area contributed by atoms with E-state index < -0.39 is 0 Å². The number of aryl methyl sites for hydroxylation is 2. The van der Waals surface area contributed by atoms with Crippen LogP contribution in [0.3, 0.4) is 0 Å². The summed E-state index contributed by atoms with van der Waals surface area (Å²) in [5.41, 5.74) is 4.23. The van der Waals surface area contributed by atoms with Crippen LogP contribution in [0.25, 0.3) is 0 Å². The van der Waals surface area contributed by atoms with E-state index in [9.17, 15) is 0 Å². The van der Waals surface area contributed by atoms with Gasteiger partial charge in [-0.1, -0.05) is 53.4 Å². The monoisotopic (exact) mass is 314 g/mol. The molecule has 0 amide bonds. The van der Waals surface area contributed by atoms with Gasteiger partial charge in [-0.2, -0.15) is 0 Å². The zero-order valence-electron chi connectivity index (χ0n) is 10.8. The summed E-state index contributed by atoms with van der Waals surface area (Å²) < 4.78 is 0. The predicted molar refractivity (Wildman–Crippen MR) is 79.2 cm³/mol. The molecule has 0 saturated heterocycles. The summed E-state index contributed by atoms with van der Waals surface area (Å²) in [5.74, 6) is 0. The molecule has 2 rings (SSSR count). The second-order valence-corrected chi connectivity index (χ2v) is 7.00. The van der Waals surface area contributed by atoms with Gasteiger partial charge in [0.15, 0.2) is 0 Å². The first-order valence-corrected chi connectivity index (χ1v) is 7.64. The van der Waals surface area contributed by atoms with Gasteiger partial charge >= 0.3 is 0 Å². The van der Waals surface area contributed by atoms with E-state index in [1.807, 2.05) is 0 Å². The molecular formula is C15H20BrCl. The van der Waals surface area contributed by atoms with Crippen molar-refractivity contribution in [2.75, 3.05) is 0 Å². The van der Waals surface area contributed by atoms with Gasteiger partial charge in [-0.25, -0.2) is 0 Å². The van der Waals surface area contributed by atoms with E-state index in [0.717, 1.165) is 5.02 Å². The van der Waals surface area contributed by atoms with Crippen molar-refractivity contribution in [3.8, 4) is 0 Å². The predicted octanol–water partition coefficient (Wildman–Crippen LogP) is 5.97. The summed E-state index contributed by atoms with van der Waals surface area (Å²) in [5, 5.41) is 0.906. The van der Waals surface area contributed by atoms with Gasteiger partial charge in [0.25, 0.3) is 0 Å². The average Bonchev–Trinajstić information content (AvgIpc) is 2.71. The minimum absolute atomic E-state index is 0.366. The fourth-order valence-electron chi connectivity index (χ4n) is 2.81. The Hall–Kier alpha value is -0.0100. The Labute approximate surface area is 118 Å². The SMILES string of the molecule is Cc1cc(Cl)c(C(Br)C2(C)CCCC2)cc1C. The van der Waals surface area contributed by atoms with Crippen molar-refractivity contribution < 1.29 is 0 Å². The lowest BCUT2D eigenvalue weighted by molar-refractivity contribution is 0.331. The second kappa shape index (κ2) is 4.93. The standard InChI is InChI=1S/C15H20BrCl/c1-10-8-12(13(17)9-11(10)2)14(16)15(3)6-4-5-7-15/h8-9,14H,4-7H2,1-3H3. The van der Waals surface area contributed by atoms with Crippen LogP contribution >= 0.6 is 27.5 Å². The number of hydrogen-bond acceptors (Lipinski definition) is 0. The van der Waals surface area contributed by atoms with Crippen molar-refractivity contribution in [3.05, 3.63) is 33.8 Å². The lowest BCUT2D eigenvalue weighted by atomic mass is 9.81. The summed E-state index contributed by atoms with van der Waals surface area (Å²) >= 11 is 10.3. The van der Waals surface area contributed by atoms with Gasteiger partial charge in [0.2, 0.25) is 0 Å². The molecule has 1 atom stereocenters. The van der Waals surface area contributed by atoms with Crippen LogP contribution in [0, 0.1) is 19.3 Å². The Bertz CT molecular complexity index is 419. The average molecular weight is 316 g/mol. The fourth-order valence-corrected chi connectivity index (χ4v) is 4.10. The quantitative estimate of drug-likeness (QED) is 0.589. The number of alkyl halides is 1. The topological polar surface area (TPSA) is 0 Å². The molecule has 0 bridgehead atoms. The Balaban J connectivity index is 2.36. The highest BCUT2D eigenvalue weighted by Crippen LogP contribution is 2.52. The van der Waals surface area contributed by atoms with Crippen LogP contribution in [0.4, 0.5) is 0 Å². The normalized spacial score (nSPS) is 20.5. The Morgan fingerprint density at radius 2 is 1.71 bits per heavy atom. The number of halogens is 2. The molecule has 1 unspecified atom stereocenters. The van der Waals surface area contributed by atoms with E-state index in [4.69, 9.17) is 11.6 Å². The summed E-state index contributed by atoms with van der Waals surface area (Å²) in [7, 11) is 0. The number of hydrogen-bond donors (Lipinski definition) is 0. The molecule has 0 nitrogen and oxygen atoms in total. The molecule has 1 aliphatic carbocycles. The molecule has 1 aromatic rings. The molecule has 2 heteroatoms. The minimum atomic E-state index is 0.366. The largest absolute Gasteiger partial charge is 0.0840 e. The Morgan fingerprint density at radius 1 is 1.18 bits per heavy atom. The molecule has 1 saturated carbocycles. The van der Waals surface area contributed by atoms with E-state index in [1.165, 1.54) is 42.4 Å². The van der Waals surface area contributed by atoms with Crippen LogP contribution in [-0.2, 0) is 0 Å². The maximum absolute atomic E-state index is 6.41. The molecule has 1 aromatic carbocycles. The molecule has 0 radical (unpaired) electrons. The fraction of sp³-hybridized carbons (Fsp3) is 0.600. The third-order valence-corrected chi connectivity index (χ3v) is 6.17. The van der Waals surface area contributed by atoms with Crippen molar-refractivity contribution in [1.29, 1.82) is 0 Å². The molecular weight excluding hydrogens is 296 g/mol. The van der Waals surface area contributed by atoms with E-state index in [-0.39, 0.29) is 0 Å². The van der Waals surface area contributed by atoms with Crippen LogP contribution in [-0.4, -0.2) is 0 Å². The minimum Gasteiger partial charge on any atom is -0.0840 e. The summed E-state index contributed by atoms with van der Waals surface area (Å²) in [6.07, 6.45) is 5.29. The third kappa shape index (κ3) is 2.56. The van der Waals surface area contributed by atoms with Crippen molar-refractivity contribution in [2.45, 2.75) is 51.3 Å². The first-order valence-electron chi connectivity index (χ1n) is 6.35. The first-order chi connectivity index (χ1) is 7.94. The van der Waals surface area contributed by atoms with Gasteiger partial charge in [0, 0.05) is 9.85 Å². The lowest BCUT2D eigenvalue weighted by Gasteiger charge is -2.31. The molecule has 94 valence electrons. The lowest BCUT2D eigenvalue weighted by Crippen LogP contribution is -2.18. The summed E-state index contributed by atoms with van der Waals surface area (Å²) in [6, 6.07) is 4.35. The van der Waals surface area contributed by atoms with E-state index in [1.54, 1.807) is 0 Å². The van der Waals surface area contributed by atoms with Crippen LogP contribution in [0.5, 0.6) is 0 Å². The highest BCUT2D eigenvalue weighted by atomic mass is 79.9. The first kappa shape index (κ1) is 13.4. The number of rotatable bonds is 2. The van der Waals surface area contributed by atoms with Gasteiger partial charge in [0.1, 0.15) is 0 Å². The highest BCUT2D eigenvalue weighted by Gasteiger charge is 2.37. The maximum Gasteiger partial charge on any atom is 0.0463 e. The van der Waals surface area contributed by atoms with Gasteiger partial charge in [-0.05, 0) is 54.9 Å². The second-order valence-electron chi connectivity index (χ2n) is 5.68. The third-order valence-electron chi connectivity index (χ3n) is 4.24. The molecule has 17 heavy (non-hydrogen) atoms. The van der Waals surface area contributed by atoms with Gasteiger partial charge < -0.3 is 0 Å². The molecule has 0 heterocycles. The molecule has 1 fully saturated rings. The van der Waals surface area contributed by atoms with E-state index in [2.05, 4.69) is 48.8 Å². The Morgan fingerprint density at radius 3 is 2.29 bits per heavy atom. The van der Waals surface area contributed by atoms with Crippen LogP contribution in [0.1, 0.15) is 54.1 Å².